The molecule has 1 amide bonds. The fourth-order valence-corrected chi connectivity index (χ4v) is 2.62. The molecular weight excluding hydrogens is 278 g/mol. The standard InChI is InChI=1S/C13H11N3O3S/c1-2-18-8-4-3-5-10-11(8)15-13(20-10)16-12(17)9-6-7-14-19-9/h3-7H,2H2,1H3,(H,15,16,17). The van der Waals surface area contributed by atoms with E-state index in [1.54, 1.807) is 0 Å². The Kier molecular flexibility index (Phi) is 3.34. The molecule has 0 saturated heterocycles. The Bertz CT molecular complexity index is 736. The van der Waals surface area contributed by atoms with Gasteiger partial charge in [0.2, 0.25) is 5.76 Å². The zero-order valence-corrected chi connectivity index (χ0v) is 11.4. The number of rotatable bonds is 4. The molecule has 0 saturated carbocycles. The Morgan fingerprint density at radius 2 is 2.35 bits per heavy atom. The van der Waals surface area contributed by atoms with E-state index in [1.165, 1.54) is 23.6 Å². The van der Waals surface area contributed by atoms with Gasteiger partial charge >= 0.3 is 0 Å². The lowest BCUT2D eigenvalue weighted by atomic mass is 10.3. The van der Waals surface area contributed by atoms with E-state index in [1.807, 2.05) is 25.1 Å². The highest BCUT2D eigenvalue weighted by Crippen LogP contribution is 2.32. The molecule has 3 rings (SSSR count). The summed E-state index contributed by atoms with van der Waals surface area (Å²) in [5.74, 6) is 0.482. The number of fused-ring (bicyclic) bond motifs is 1. The van der Waals surface area contributed by atoms with Crippen LogP contribution in [0.5, 0.6) is 5.75 Å². The summed E-state index contributed by atoms with van der Waals surface area (Å²) in [4.78, 5) is 16.2. The van der Waals surface area contributed by atoms with Crippen molar-refractivity contribution in [2.45, 2.75) is 6.92 Å². The quantitative estimate of drug-likeness (QED) is 0.799. The number of carbonyl (C=O) groups excluding carboxylic acids is 1. The molecule has 102 valence electrons. The average molecular weight is 289 g/mol. The van der Waals surface area contributed by atoms with Crippen molar-refractivity contribution in [3.8, 4) is 5.75 Å². The molecule has 0 spiro atoms. The van der Waals surface area contributed by atoms with Gasteiger partial charge in [0, 0.05) is 6.07 Å². The molecule has 3 aromatic rings. The van der Waals surface area contributed by atoms with E-state index in [9.17, 15) is 4.79 Å². The number of carbonyl (C=O) groups is 1. The minimum atomic E-state index is -0.375. The van der Waals surface area contributed by atoms with Crippen molar-refractivity contribution in [3.05, 3.63) is 36.2 Å². The zero-order valence-electron chi connectivity index (χ0n) is 10.6. The van der Waals surface area contributed by atoms with Gasteiger partial charge in [-0.1, -0.05) is 22.6 Å². The van der Waals surface area contributed by atoms with E-state index < -0.39 is 0 Å². The predicted molar refractivity (Wildman–Crippen MR) is 75.2 cm³/mol. The number of aromatic nitrogens is 2. The van der Waals surface area contributed by atoms with Crippen LogP contribution in [-0.4, -0.2) is 22.7 Å². The normalized spacial score (nSPS) is 10.7. The van der Waals surface area contributed by atoms with Gasteiger partial charge in [0.15, 0.2) is 5.13 Å². The Morgan fingerprint density at radius 1 is 1.45 bits per heavy atom. The first kappa shape index (κ1) is 12.6. The van der Waals surface area contributed by atoms with Crippen LogP contribution in [0.15, 0.2) is 35.0 Å². The first-order chi connectivity index (χ1) is 9.78. The van der Waals surface area contributed by atoms with Gasteiger partial charge in [-0.05, 0) is 19.1 Å². The number of ether oxygens (including phenoxy) is 1. The molecule has 1 N–H and O–H groups in total. The lowest BCUT2D eigenvalue weighted by Crippen LogP contribution is -2.10. The molecule has 1 aromatic carbocycles. The molecule has 0 atom stereocenters. The summed E-state index contributed by atoms with van der Waals surface area (Å²) in [5, 5.41) is 6.67. The number of para-hydroxylation sites is 1. The van der Waals surface area contributed by atoms with Gasteiger partial charge in [-0.2, -0.15) is 0 Å². The molecule has 0 aliphatic rings. The number of hydrogen-bond acceptors (Lipinski definition) is 6. The summed E-state index contributed by atoms with van der Waals surface area (Å²) >= 11 is 1.38. The third-order valence-electron chi connectivity index (χ3n) is 2.56. The fraction of sp³-hybridized carbons (Fsp3) is 0.154. The van der Waals surface area contributed by atoms with Crippen LogP contribution < -0.4 is 10.1 Å². The maximum atomic E-state index is 11.9. The lowest BCUT2D eigenvalue weighted by molar-refractivity contribution is 0.0988. The number of benzene rings is 1. The summed E-state index contributed by atoms with van der Waals surface area (Å²) < 4.78 is 11.3. The van der Waals surface area contributed by atoms with Gasteiger partial charge in [0.25, 0.3) is 5.91 Å². The smallest absolute Gasteiger partial charge is 0.296 e. The number of nitrogens with zero attached hydrogens (tertiary/aromatic N) is 2. The SMILES string of the molecule is CCOc1cccc2sc(NC(=O)c3ccno3)nc12. The van der Waals surface area contributed by atoms with Crippen molar-refractivity contribution >= 4 is 32.6 Å². The van der Waals surface area contributed by atoms with Crippen molar-refractivity contribution in [3.63, 3.8) is 0 Å². The molecule has 20 heavy (non-hydrogen) atoms. The average Bonchev–Trinajstić information content (AvgIpc) is 3.07. The number of amides is 1. The maximum Gasteiger partial charge on any atom is 0.296 e. The zero-order chi connectivity index (χ0) is 13.9. The fourth-order valence-electron chi connectivity index (χ4n) is 1.74. The molecule has 2 aromatic heterocycles. The highest BCUT2D eigenvalue weighted by Gasteiger charge is 2.14. The van der Waals surface area contributed by atoms with Gasteiger partial charge in [0.05, 0.1) is 17.5 Å². The van der Waals surface area contributed by atoms with Gasteiger partial charge in [-0.3, -0.25) is 10.1 Å². The van der Waals surface area contributed by atoms with Crippen LogP contribution in [0, 0.1) is 0 Å². The van der Waals surface area contributed by atoms with E-state index in [4.69, 9.17) is 9.26 Å². The van der Waals surface area contributed by atoms with Crippen LogP contribution >= 0.6 is 11.3 Å². The van der Waals surface area contributed by atoms with E-state index in [0.717, 1.165) is 10.2 Å². The molecule has 0 radical (unpaired) electrons. The van der Waals surface area contributed by atoms with Crippen molar-refractivity contribution in [1.82, 2.24) is 10.1 Å². The highest BCUT2D eigenvalue weighted by molar-refractivity contribution is 7.22. The summed E-state index contributed by atoms with van der Waals surface area (Å²) in [6, 6.07) is 7.18. The Labute approximate surface area is 118 Å². The van der Waals surface area contributed by atoms with Crippen molar-refractivity contribution in [2.75, 3.05) is 11.9 Å². The van der Waals surface area contributed by atoms with Crippen LogP contribution in [0.1, 0.15) is 17.5 Å². The maximum absolute atomic E-state index is 11.9. The monoisotopic (exact) mass is 289 g/mol. The Balaban J connectivity index is 1.89. The first-order valence-corrected chi connectivity index (χ1v) is 6.84. The highest BCUT2D eigenvalue weighted by atomic mass is 32.1. The van der Waals surface area contributed by atoms with Gasteiger partial charge in [-0.15, -0.1) is 0 Å². The summed E-state index contributed by atoms with van der Waals surface area (Å²) in [7, 11) is 0. The van der Waals surface area contributed by atoms with Gasteiger partial charge < -0.3 is 9.26 Å². The molecule has 2 heterocycles. The number of thiazole rings is 1. The minimum Gasteiger partial charge on any atom is -0.492 e. The summed E-state index contributed by atoms with van der Waals surface area (Å²) in [5.41, 5.74) is 0.743. The molecule has 6 nitrogen and oxygen atoms in total. The third-order valence-corrected chi connectivity index (χ3v) is 3.50. The molecule has 0 fully saturated rings. The van der Waals surface area contributed by atoms with Crippen LogP contribution in [-0.2, 0) is 0 Å². The number of nitrogens with one attached hydrogen (secondary N) is 1. The van der Waals surface area contributed by atoms with Crippen LogP contribution in [0.4, 0.5) is 5.13 Å². The Hall–Kier alpha value is -2.41. The second kappa shape index (κ2) is 5.30. The summed E-state index contributed by atoms with van der Waals surface area (Å²) in [6.45, 7) is 2.48. The molecule has 7 heteroatoms. The first-order valence-electron chi connectivity index (χ1n) is 6.02. The van der Waals surface area contributed by atoms with Crippen molar-refractivity contribution in [1.29, 1.82) is 0 Å². The molecular formula is C13H11N3O3S. The molecule has 0 unspecified atom stereocenters. The van der Waals surface area contributed by atoms with Crippen LogP contribution in [0.2, 0.25) is 0 Å². The van der Waals surface area contributed by atoms with E-state index in [0.29, 0.717) is 17.5 Å². The lowest BCUT2D eigenvalue weighted by Gasteiger charge is -2.01. The second-order valence-electron chi connectivity index (χ2n) is 3.89. The largest absolute Gasteiger partial charge is 0.492 e. The van der Waals surface area contributed by atoms with Crippen molar-refractivity contribution < 1.29 is 14.1 Å². The topological polar surface area (TPSA) is 77.2 Å². The molecule has 0 aliphatic carbocycles. The van der Waals surface area contributed by atoms with Crippen LogP contribution in [0.3, 0.4) is 0 Å². The van der Waals surface area contributed by atoms with E-state index >= 15 is 0 Å². The minimum absolute atomic E-state index is 0.147. The van der Waals surface area contributed by atoms with Gasteiger partial charge in [0.1, 0.15) is 11.3 Å². The Morgan fingerprint density at radius 3 is 3.10 bits per heavy atom. The molecule has 0 aliphatic heterocycles. The van der Waals surface area contributed by atoms with Crippen molar-refractivity contribution in [2.24, 2.45) is 0 Å². The third kappa shape index (κ3) is 2.35. The number of hydrogen-bond donors (Lipinski definition) is 1. The predicted octanol–water partition coefficient (Wildman–Crippen LogP) is 2.94. The summed E-state index contributed by atoms with van der Waals surface area (Å²) in [6.07, 6.45) is 1.42. The van der Waals surface area contributed by atoms with Crippen LogP contribution in [0.25, 0.3) is 10.2 Å². The van der Waals surface area contributed by atoms with Gasteiger partial charge in [-0.25, -0.2) is 4.98 Å². The second-order valence-corrected chi connectivity index (χ2v) is 4.92. The van der Waals surface area contributed by atoms with E-state index in [-0.39, 0.29) is 11.7 Å². The molecule has 0 bridgehead atoms. The van der Waals surface area contributed by atoms with E-state index in [2.05, 4.69) is 15.5 Å². The number of anilines is 1.